The number of hydrogen-bond donors (Lipinski definition) is 3. The van der Waals surface area contributed by atoms with Crippen LogP contribution in [0.4, 0.5) is 0 Å². The molecular weight excluding hydrogens is 384 g/mol. The second kappa shape index (κ2) is 8.47. The molecule has 0 heterocycles. The molecule has 0 unspecified atom stereocenters. The largest absolute Gasteiger partial charge is 0.395 e. The van der Waals surface area contributed by atoms with Crippen LogP contribution in [-0.4, -0.2) is 34.1 Å². The van der Waals surface area contributed by atoms with Gasteiger partial charge in [-0.3, -0.25) is 0 Å². The van der Waals surface area contributed by atoms with E-state index >= 15 is 0 Å². The molecule has 9 atom stereocenters. The normalized spacial score (nSPS) is 45.7. The van der Waals surface area contributed by atoms with Gasteiger partial charge in [0, 0.05) is 5.41 Å². The molecule has 0 amide bonds. The summed E-state index contributed by atoms with van der Waals surface area (Å²) in [5.41, 5.74) is 2.34. The quantitative estimate of drug-likeness (QED) is 0.413. The molecule has 0 aliphatic heterocycles. The Morgan fingerprint density at radius 3 is 2.55 bits per heavy atom. The first kappa shape index (κ1) is 23.3. The number of fused-ring (bicyclic) bond motifs is 5. The molecule has 3 heteroatoms. The van der Waals surface area contributed by atoms with E-state index in [0.29, 0.717) is 36.0 Å². The topological polar surface area (TPSA) is 60.7 Å². The van der Waals surface area contributed by atoms with Crippen LogP contribution in [0.15, 0.2) is 36.0 Å². The number of allylic oxidation sites excluding steroid dienone is 3. The van der Waals surface area contributed by atoms with Gasteiger partial charge in [-0.15, -0.1) is 0 Å². The summed E-state index contributed by atoms with van der Waals surface area (Å²) in [6.07, 6.45) is 12.8. The molecule has 0 aromatic heterocycles. The SMILES string of the molecule is C=C(/C=C/[C@@H](C)[C@H]1CC[C@H]2[C@@H]3[C@@H](O)C=C4C[C@@H](O)CC[C@]4(CO)[C@H]3CC[C@]12C)C(C)C. The third-order valence-electron chi connectivity index (χ3n) is 10.2. The molecule has 0 spiro atoms. The Morgan fingerprint density at radius 1 is 1.13 bits per heavy atom. The van der Waals surface area contributed by atoms with Crippen molar-refractivity contribution in [1.29, 1.82) is 0 Å². The van der Waals surface area contributed by atoms with Crippen LogP contribution in [0.3, 0.4) is 0 Å². The number of aliphatic hydroxyl groups is 3. The fourth-order valence-corrected chi connectivity index (χ4v) is 8.24. The summed E-state index contributed by atoms with van der Waals surface area (Å²) in [4.78, 5) is 0. The number of rotatable bonds is 5. The second-order valence-electron chi connectivity index (χ2n) is 11.9. The predicted molar refractivity (Wildman–Crippen MR) is 126 cm³/mol. The van der Waals surface area contributed by atoms with E-state index in [2.05, 4.69) is 46.4 Å². The summed E-state index contributed by atoms with van der Waals surface area (Å²) in [5.74, 6) is 2.69. The van der Waals surface area contributed by atoms with E-state index in [4.69, 9.17) is 0 Å². The van der Waals surface area contributed by atoms with Gasteiger partial charge in [-0.2, -0.15) is 0 Å². The molecule has 0 bridgehead atoms. The zero-order valence-corrected chi connectivity index (χ0v) is 20.1. The summed E-state index contributed by atoms with van der Waals surface area (Å²) in [6.45, 7) is 13.6. The molecule has 31 heavy (non-hydrogen) atoms. The smallest absolute Gasteiger partial charge is 0.0757 e. The lowest BCUT2D eigenvalue weighted by atomic mass is 9.46. The summed E-state index contributed by atoms with van der Waals surface area (Å²) in [5, 5.41) is 32.1. The van der Waals surface area contributed by atoms with E-state index in [-0.39, 0.29) is 29.5 Å². The van der Waals surface area contributed by atoms with Crippen molar-refractivity contribution in [3.8, 4) is 0 Å². The van der Waals surface area contributed by atoms with Crippen molar-refractivity contribution in [2.75, 3.05) is 6.61 Å². The van der Waals surface area contributed by atoms with Crippen molar-refractivity contribution in [2.45, 2.75) is 84.8 Å². The minimum absolute atomic E-state index is 0.156. The first-order chi connectivity index (χ1) is 14.6. The van der Waals surface area contributed by atoms with Gasteiger partial charge in [-0.05, 0) is 85.9 Å². The van der Waals surface area contributed by atoms with Gasteiger partial charge >= 0.3 is 0 Å². The van der Waals surface area contributed by atoms with Crippen LogP contribution in [-0.2, 0) is 0 Å². The van der Waals surface area contributed by atoms with Crippen molar-refractivity contribution in [3.63, 3.8) is 0 Å². The van der Waals surface area contributed by atoms with Crippen LogP contribution >= 0.6 is 0 Å². The zero-order valence-electron chi connectivity index (χ0n) is 20.1. The van der Waals surface area contributed by atoms with Gasteiger partial charge in [-0.25, -0.2) is 0 Å². The molecule has 4 rings (SSSR count). The van der Waals surface area contributed by atoms with Gasteiger partial charge in [0.1, 0.15) is 0 Å². The van der Waals surface area contributed by atoms with Crippen LogP contribution in [0, 0.1) is 46.3 Å². The van der Waals surface area contributed by atoms with Crippen LogP contribution in [0.2, 0.25) is 0 Å². The molecule has 0 aromatic carbocycles. The Balaban J connectivity index is 1.60. The van der Waals surface area contributed by atoms with E-state index in [1.54, 1.807) is 0 Å². The molecule has 0 radical (unpaired) electrons. The van der Waals surface area contributed by atoms with Gasteiger partial charge in [0.15, 0.2) is 0 Å². The van der Waals surface area contributed by atoms with E-state index in [1.165, 1.54) is 24.8 Å². The van der Waals surface area contributed by atoms with E-state index < -0.39 is 6.10 Å². The highest BCUT2D eigenvalue weighted by Gasteiger charge is 2.62. The molecular formula is C28H44O3. The van der Waals surface area contributed by atoms with E-state index in [9.17, 15) is 15.3 Å². The zero-order chi connectivity index (χ0) is 22.6. The van der Waals surface area contributed by atoms with Gasteiger partial charge in [-0.1, -0.05) is 63.6 Å². The van der Waals surface area contributed by atoms with Crippen LogP contribution in [0.5, 0.6) is 0 Å². The van der Waals surface area contributed by atoms with Crippen LogP contribution in [0.25, 0.3) is 0 Å². The summed E-state index contributed by atoms with van der Waals surface area (Å²) < 4.78 is 0. The molecule has 4 aliphatic rings. The molecule has 0 aromatic rings. The van der Waals surface area contributed by atoms with Crippen molar-refractivity contribution < 1.29 is 15.3 Å². The fourth-order valence-electron chi connectivity index (χ4n) is 8.24. The third-order valence-corrected chi connectivity index (χ3v) is 10.2. The Hall–Kier alpha value is -0.900. The average Bonchev–Trinajstić information content (AvgIpc) is 3.08. The lowest BCUT2D eigenvalue weighted by Gasteiger charge is -2.59. The van der Waals surface area contributed by atoms with E-state index in [1.807, 2.05) is 6.08 Å². The third kappa shape index (κ3) is 3.69. The molecule has 174 valence electrons. The standard InChI is InChI=1S/C28H44O3/c1-17(2)18(3)6-7-19(4)22-8-9-23-26-24(11-12-27(22,23)5)28(16-29)13-10-21(30)14-20(28)15-25(26)31/h6-7,15,17,19,21-26,29-31H,3,8-14,16H2,1-2,4-5H3/b7-6+/t19-,21+,22-,23+,24+,25+,26+,27-,28-/m1/s1. The maximum Gasteiger partial charge on any atom is 0.0757 e. The molecule has 3 N–H and O–H groups in total. The summed E-state index contributed by atoms with van der Waals surface area (Å²) in [6, 6.07) is 0. The summed E-state index contributed by atoms with van der Waals surface area (Å²) in [7, 11) is 0. The average molecular weight is 429 g/mol. The van der Waals surface area contributed by atoms with Crippen molar-refractivity contribution in [3.05, 3.63) is 36.0 Å². The lowest BCUT2D eigenvalue weighted by Crippen LogP contribution is -2.56. The van der Waals surface area contributed by atoms with Crippen LogP contribution in [0.1, 0.15) is 72.6 Å². The number of aliphatic hydroxyl groups excluding tert-OH is 3. The minimum Gasteiger partial charge on any atom is -0.395 e. The molecule has 0 saturated heterocycles. The highest BCUT2D eigenvalue weighted by atomic mass is 16.3. The highest BCUT2D eigenvalue weighted by Crippen LogP contribution is 2.67. The Morgan fingerprint density at radius 2 is 1.87 bits per heavy atom. The lowest BCUT2D eigenvalue weighted by molar-refractivity contribution is -0.112. The second-order valence-corrected chi connectivity index (χ2v) is 11.9. The molecule has 3 saturated carbocycles. The van der Waals surface area contributed by atoms with Crippen molar-refractivity contribution in [1.82, 2.24) is 0 Å². The van der Waals surface area contributed by atoms with Crippen molar-refractivity contribution >= 4 is 0 Å². The Bertz CT molecular complexity index is 751. The number of hydrogen-bond acceptors (Lipinski definition) is 3. The maximum atomic E-state index is 11.3. The monoisotopic (exact) mass is 428 g/mol. The first-order valence-electron chi connectivity index (χ1n) is 12.7. The van der Waals surface area contributed by atoms with Gasteiger partial charge in [0.05, 0.1) is 18.8 Å². The predicted octanol–water partition coefficient (Wildman–Crippen LogP) is 5.27. The molecule has 3 fully saturated rings. The highest BCUT2D eigenvalue weighted by molar-refractivity contribution is 5.29. The van der Waals surface area contributed by atoms with Crippen LogP contribution < -0.4 is 0 Å². The minimum atomic E-state index is -0.445. The Labute approximate surface area is 189 Å². The van der Waals surface area contributed by atoms with E-state index in [0.717, 1.165) is 24.8 Å². The molecule has 3 nitrogen and oxygen atoms in total. The van der Waals surface area contributed by atoms with Gasteiger partial charge in [0.25, 0.3) is 0 Å². The fraction of sp³-hybridized carbons (Fsp3) is 0.786. The molecule has 4 aliphatic carbocycles. The summed E-state index contributed by atoms with van der Waals surface area (Å²) >= 11 is 0. The maximum absolute atomic E-state index is 11.3. The van der Waals surface area contributed by atoms with Gasteiger partial charge in [0.2, 0.25) is 0 Å². The Kier molecular flexibility index (Phi) is 6.35. The van der Waals surface area contributed by atoms with Crippen molar-refractivity contribution in [2.24, 2.45) is 46.3 Å². The first-order valence-corrected chi connectivity index (χ1v) is 12.7. The van der Waals surface area contributed by atoms with Gasteiger partial charge < -0.3 is 15.3 Å².